The molecular formula is C15H9NO4. The van der Waals surface area contributed by atoms with Crippen LogP contribution in [0.15, 0.2) is 45.2 Å². The number of carbonyl (C=O) groups is 1. The van der Waals surface area contributed by atoms with Gasteiger partial charge < -0.3 is 13.6 Å². The Bertz CT molecular complexity index is 807. The van der Waals surface area contributed by atoms with E-state index < -0.39 is 0 Å². The number of benzene rings is 1. The van der Waals surface area contributed by atoms with Crippen LogP contribution in [-0.4, -0.2) is 6.29 Å². The third kappa shape index (κ3) is 2.04. The molecule has 0 saturated carbocycles. The Morgan fingerprint density at radius 3 is 2.80 bits per heavy atom. The maximum Gasteiger partial charge on any atom is 0.246 e. The van der Waals surface area contributed by atoms with E-state index in [1.807, 2.05) is 24.3 Å². The third-order valence-electron chi connectivity index (χ3n) is 2.81. The smallest absolute Gasteiger partial charge is 0.246 e. The lowest BCUT2D eigenvalue weighted by molar-refractivity contribution is 0.109. The third-order valence-corrected chi connectivity index (χ3v) is 2.81. The Labute approximate surface area is 114 Å². The van der Waals surface area contributed by atoms with Crippen LogP contribution in [0, 0.1) is 11.3 Å². The van der Waals surface area contributed by atoms with Gasteiger partial charge in [0.2, 0.25) is 5.76 Å². The van der Waals surface area contributed by atoms with Crippen molar-refractivity contribution in [1.82, 2.24) is 0 Å². The normalized spacial score (nSPS) is 10.3. The van der Waals surface area contributed by atoms with Crippen LogP contribution in [0.5, 0.6) is 5.75 Å². The monoisotopic (exact) mass is 267 g/mol. The van der Waals surface area contributed by atoms with Crippen molar-refractivity contribution < 1.29 is 18.4 Å². The van der Waals surface area contributed by atoms with E-state index in [2.05, 4.69) is 0 Å². The molecule has 0 aliphatic carbocycles. The summed E-state index contributed by atoms with van der Waals surface area (Å²) in [6, 6.07) is 12.4. The van der Waals surface area contributed by atoms with Gasteiger partial charge in [0.05, 0.1) is 5.39 Å². The van der Waals surface area contributed by atoms with Crippen LogP contribution in [0.4, 0.5) is 0 Å². The lowest BCUT2D eigenvalue weighted by Crippen LogP contribution is -1.94. The van der Waals surface area contributed by atoms with Crippen LogP contribution in [-0.2, 0) is 6.61 Å². The van der Waals surface area contributed by atoms with Crippen LogP contribution in [0.1, 0.15) is 22.1 Å². The van der Waals surface area contributed by atoms with Crippen LogP contribution in [0.25, 0.3) is 11.0 Å². The number of nitrogens with zero attached hydrogens (tertiary/aromatic N) is 1. The Hall–Kier alpha value is -3.00. The first kappa shape index (κ1) is 12.1. The van der Waals surface area contributed by atoms with Crippen LogP contribution in [0.2, 0.25) is 0 Å². The van der Waals surface area contributed by atoms with E-state index in [0.717, 1.165) is 5.39 Å². The predicted octanol–water partition coefficient (Wildman–Crippen LogP) is 3.29. The van der Waals surface area contributed by atoms with Gasteiger partial charge in [-0.05, 0) is 24.3 Å². The minimum Gasteiger partial charge on any atom is -0.480 e. The van der Waals surface area contributed by atoms with Gasteiger partial charge in [-0.2, -0.15) is 5.26 Å². The molecule has 0 spiro atoms. The lowest BCUT2D eigenvalue weighted by Gasteiger charge is -2.01. The molecule has 98 valence electrons. The number of para-hydroxylation sites is 1. The number of furan rings is 2. The van der Waals surface area contributed by atoms with Gasteiger partial charge in [0.1, 0.15) is 24.0 Å². The van der Waals surface area contributed by atoms with E-state index in [0.29, 0.717) is 23.4 Å². The SMILES string of the molecule is N#Cc1oc2ccccc2c1OCc1ccc(C=O)o1. The highest BCUT2D eigenvalue weighted by Gasteiger charge is 2.15. The average molecular weight is 267 g/mol. The molecule has 2 aromatic heterocycles. The number of hydrogen-bond acceptors (Lipinski definition) is 5. The molecular weight excluding hydrogens is 258 g/mol. The Balaban J connectivity index is 1.90. The number of nitriles is 1. The molecule has 0 aliphatic heterocycles. The molecule has 0 fully saturated rings. The van der Waals surface area contributed by atoms with Crippen molar-refractivity contribution in [3.8, 4) is 11.8 Å². The highest BCUT2D eigenvalue weighted by molar-refractivity contribution is 5.86. The zero-order valence-corrected chi connectivity index (χ0v) is 10.3. The molecule has 20 heavy (non-hydrogen) atoms. The summed E-state index contributed by atoms with van der Waals surface area (Å²) in [5.74, 6) is 1.24. The van der Waals surface area contributed by atoms with E-state index in [-0.39, 0.29) is 18.1 Å². The van der Waals surface area contributed by atoms with Crippen molar-refractivity contribution in [1.29, 1.82) is 5.26 Å². The van der Waals surface area contributed by atoms with Gasteiger partial charge in [-0.25, -0.2) is 0 Å². The summed E-state index contributed by atoms with van der Waals surface area (Å²) in [6.07, 6.45) is 0.622. The van der Waals surface area contributed by atoms with Gasteiger partial charge in [0.15, 0.2) is 17.8 Å². The molecule has 0 atom stereocenters. The summed E-state index contributed by atoms with van der Waals surface area (Å²) in [7, 11) is 0. The minimum absolute atomic E-state index is 0.117. The molecule has 2 heterocycles. The molecule has 3 rings (SSSR count). The summed E-state index contributed by atoms with van der Waals surface area (Å²) in [5.41, 5.74) is 0.590. The number of rotatable bonds is 4. The first-order valence-corrected chi connectivity index (χ1v) is 5.90. The molecule has 3 aromatic rings. The number of fused-ring (bicyclic) bond motifs is 1. The zero-order valence-electron chi connectivity index (χ0n) is 10.3. The fraction of sp³-hybridized carbons (Fsp3) is 0.0667. The van der Waals surface area contributed by atoms with E-state index in [1.54, 1.807) is 18.2 Å². The summed E-state index contributed by atoms with van der Waals surface area (Å²) in [4.78, 5) is 10.5. The van der Waals surface area contributed by atoms with Crippen molar-refractivity contribution >= 4 is 17.3 Å². The first-order valence-electron chi connectivity index (χ1n) is 5.90. The summed E-state index contributed by atoms with van der Waals surface area (Å²) < 4.78 is 16.2. The molecule has 0 radical (unpaired) electrons. The van der Waals surface area contributed by atoms with Gasteiger partial charge in [-0.3, -0.25) is 4.79 Å². The topological polar surface area (TPSA) is 76.4 Å². The second-order valence-electron chi connectivity index (χ2n) is 4.08. The maximum absolute atomic E-state index is 10.5. The summed E-state index contributed by atoms with van der Waals surface area (Å²) >= 11 is 0. The largest absolute Gasteiger partial charge is 0.480 e. The van der Waals surface area contributed by atoms with Crippen LogP contribution >= 0.6 is 0 Å². The van der Waals surface area contributed by atoms with Gasteiger partial charge in [-0.1, -0.05) is 12.1 Å². The van der Waals surface area contributed by atoms with Gasteiger partial charge >= 0.3 is 0 Å². The van der Waals surface area contributed by atoms with Crippen LogP contribution in [0.3, 0.4) is 0 Å². The van der Waals surface area contributed by atoms with Crippen molar-refractivity contribution in [3.05, 3.63) is 53.7 Å². The highest BCUT2D eigenvalue weighted by Crippen LogP contribution is 2.33. The van der Waals surface area contributed by atoms with E-state index >= 15 is 0 Å². The van der Waals surface area contributed by atoms with Gasteiger partial charge in [0, 0.05) is 0 Å². The van der Waals surface area contributed by atoms with E-state index in [9.17, 15) is 4.79 Å². The van der Waals surface area contributed by atoms with Crippen molar-refractivity contribution in [2.24, 2.45) is 0 Å². The molecule has 0 aliphatic rings. The molecule has 0 amide bonds. The molecule has 0 bridgehead atoms. The highest BCUT2D eigenvalue weighted by atomic mass is 16.5. The Morgan fingerprint density at radius 2 is 2.05 bits per heavy atom. The summed E-state index contributed by atoms with van der Waals surface area (Å²) in [6.45, 7) is 0.117. The Morgan fingerprint density at radius 1 is 1.20 bits per heavy atom. The molecule has 0 unspecified atom stereocenters. The minimum atomic E-state index is 0.117. The average Bonchev–Trinajstić information content (AvgIpc) is 3.08. The van der Waals surface area contributed by atoms with Gasteiger partial charge in [-0.15, -0.1) is 0 Å². The van der Waals surface area contributed by atoms with Crippen molar-refractivity contribution in [3.63, 3.8) is 0 Å². The predicted molar refractivity (Wildman–Crippen MR) is 69.4 cm³/mol. The number of carbonyl (C=O) groups excluding carboxylic acids is 1. The quantitative estimate of drug-likeness (QED) is 0.678. The molecule has 5 heteroatoms. The number of hydrogen-bond donors (Lipinski definition) is 0. The van der Waals surface area contributed by atoms with Crippen molar-refractivity contribution in [2.45, 2.75) is 6.61 Å². The van der Waals surface area contributed by atoms with Crippen molar-refractivity contribution in [2.75, 3.05) is 0 Å². The molecule has 5 nitrogen and oxygen atoms in total. The standard InChI is InChI=1S/C15H9NO4/c16-7-14-15(12-3-1-2-4-13(12)20-14)18-9-11-6-5-10(8-17)19-11/h1-6,8H,9H2. The Kier molecular flexibility index (Phi) is 2.98. The first-order chi connectivity index (χ1) is 9.81. The maximum atomic E-state index is 10.5. The fourth-order valence-electron chi connectivity index (χ4n) is 1.92. The number of ether oxygens (including phenoxy) is 1. The van der Waals surface area contributed by atoms with E-state index in [4.69, 9.17) is 18.8 Å². The summed E-state index contributed by atoms with van der Waals surface area (Å²) in [5, 5.41) is 9.79. The van der Waals surface area contributed by atoms with Crippen LogP contribution < -0.4 is 4.74 Å². The molecule has 0 N–H and O–H groups in total. The second kappa shape index (κ2) is 4.94. The fourth-order valence-corrected chi connectivity index (χ4v) is 1.92. The van der Waals surface area contributed by atoms with E-state index in [1.165, 1.54) is 0 Å². The van der Waals surface area contributed by atoms with Gasteiger partial charge in [0.25, 0.3) is 0 Å². The molecule has 1 aromatic carbocycles. The molecule has 0 saturated heterocycles. The lowest BCUT2D eigenvalue weighted by atomic mass is 10.2. The second-order valence-corrected chi connectivity index (χ2v) is 4.08. The number of aldehydes is 1. The zero-order chi connectivity index (χ0) is 13.9.